The summed E-state index contributed by atoms with van der Waals surface area (Å²) in [4.78, 5) is 39.5. The maximum atomic E-state index is 13.3. The van der Waals surface area contributed by atoms with Crippen molar-refractivity contribution in [3.8, 4) is 11.5 Å². The fraction of sp³-hybridized carbons (Fsp3) is 0.148. The molecule has 0 unspecified atom stereocenters. The van der Waals surface area contributed by atoms with Crippen molar-refractivity contribution in [1.82, 2.24) is 5.32 Å². The predicted molar refractivity (Wildman–Crippen MR) is 159 cm³/mol. The van der Waals surface area contributed by atoms with Crippen molar-refractivity contribution in [2.24, 2.45) is 0 Å². The Bertz CT molecular complexity index is 1490. The van der Waals surface area contributed by atoms with Gasteiger partial charge in [-0.15, -0.1) is 0 Å². The first-order valence-electron chi connectivity index (χ1n) is 11.3. The van der Waals surface area contributed by atoms with Crippen LogP contribution in [0.3, 0.4) is 0 Å². The number of nitrogens with one attached hydrogen (secondary N) is 1. The normalized spacial score (nSPS) is 14.6. The number of hydrogen-bond acceptors (Lipinski definition) is 5. The molecule has 1 heterocycles. The molecule has 0 atom stereocenters. The highest BCUT2D eigenvalue weighted by molar-refractivity contribution is 14.1. The Kier molecular flexibility index (Phi) is 9.02. The Morgan fingerprint density at radius 1 is 1.03 bits per heavy atom. The van der Waals surface area contributed by atoms with Crippen molar-refractivity contribution < 1.29 is 23.9 Å². The van der Waals surface area contributed by atoms with Crippen LogP contribution in [0, 0.1) is 10.5 Å². The van der Waals surface area contributed by atoms with E-state index in [1.165, 1.54) is 6.08 Å². The summed E-state index contributed by atoms with van der Waals surface area (Å²) in [6, 6.07) is 12.9. The number of amides is 4. The molecule has 1 saturated heterocycles. The lowest BCUT2D eigenvalue weighted by atomic mass is 10.1. The first-order chi connectivity index (χ1) is 18.1. The van der Waals surface area contributed by atoms with E-state index >= 15 is 0 Å². The molecule has 0 aliphatic carbocycles. The van der Waals surface area contributed by atoms with Crippen LogP contribution in [0.25, 0.3) is 6.08 Å². The SMILES string of the molecule is CCOc1cc(/C=C2\C(=O)NC(=O)N(c3ccc(Br)c(C)c3)C2=O)cc(I)c1OCc1ccc(Cl)c(Cl)c1. The molecular weight excluding hydrogens is 710 g/mol. The van der Waals surface area contributed by atoms with Gasteiger partial charge in [-0.05, 0) is 102 Å². The van der Waals surface area contributed by atoms with E-state index in [-0.39, 0.29) is 12.2 Å². The molecule has 0 aromatic heterocycles. The van der Waals surface area contributed by atoms with Crippen LogP contribution in [0.2, 0.25) is 10.0 Å². The largest absolute Gasteiger partial charge is 0.490 e. The molecule has 3 aromatic rings. The number of carbonyl (C=O) groups is 3. The van der Waals surface area contributed by atoms with Gasteiger partial charge >= 0.3 is 6.03 Å². The number of barbiturate groups is 1. The number of aryl methyl sites for hydroxylation is 1. The summed E-state index contributed by atoms with van der Waals surface area (Å²) in [5.74, 6) is -0.569. The first-order valence-corrected chi connectivity index (χ1v) is 13.9. The number of anilines is 1. The fourth-order valence-electron chi connectivity index (χ4n) is 3.69. The van der Waals surface area contributed by atoms with E-state index in [4.69, 9.17) is 32.7 Å². The molecule has 1 N–H and O–H groups in total. The van der Waals surface area contributed by atoms with E-state index in [0.717, 1.165) is 20.5 Å². The molecule has 3 aromatic carbocycles. The summed E-state index contributed by atoms with van der Waals surface area (Å²) < 4.78 is 13.4. The standard InChI is InChI=1S/C27H20BrCl2IN2O5/c1-3-37-23-12-16(11-22(31)24(23)38-13-15-4-7-20(29)21(30)10-15)9-18-25(34)32-27(36)33(26(18)35)17-5-6-19(28)14(2)8-17/h4-12H,3,13H2,1-2H3,(H,32,34,36)/b18-9+. The van der Waals surface area contributed by atoms with E-state index < -0.39 is 17.8 Å². The Hall–Kier alpha value is -2.60. The molecule has 4 amide bonds. The van der Waals surface area contributed by atoms with Crippen LogP contribution < -0.4 is 19.7 Å². The zero-order valence-corrected chi connectivity index (χ0v) is 25.4. The fourth-order valence-corrected chi connectivity index (χ4v) is 5.03. The van der Waals surface area contributed by atoms with Gasteiger partial charge in [0, 0.05) is 4.47 Å². The molecule has 7 nitrogen and oxygen atoms in total. The monoisotopic (exact) mass is 728 g/mol. The second-order valence-electron chi connectivity index (χ2n) is 8.19. The molecule has 0 spiro atoms. The van der Waals surface area contributed by atoms with Crippen LogP contribution in [0.15, 0.2) is 58.6 Å². The van der Waals surface area contributed by atoms with E-state index in [9.17, 15) is 14.4 Å². The Balaban J connectivity index is 1.66. The van der Waals surface area contributed by atoms with Gasteiger partial charge in [-0.3, -0.25) is 14.9 Å². The van der Waals surface area contributed by atoms with Crippen LogP contribution in [-0.4, -0.2) is 24.5 Å². The van der Waals surface area contributed by atoms with Gasteiger partial charge in [0.25, 0.3) is 11.8 Å². The third-order valence-electron chi connectivity index (χ3n) is 5.51. The lowest BCUT2D eigenvalue weighted by molar-refractivity contribution is -0.122. The Morgan fingerprint density at radius 2 is 1.79 bits per heavy atom. The third-order valence-corrected chi connectivity index (χ3v) is 7.94. The van der Waals surface area contributed by atoms with Crippen LogP contribution in [0.5, 0.6) is 11.5 Å². The van der Waals surface area contributed by atoms with Gasteiger partial charge in [0.15, 0.2) is 11.5 Å². The van der Waals surface area contributed by atoms with Crippen LogP contribution >= 0.6 is 61.7 Å². The van der Waals surface area contributed by atoms with Crippen LogP contribution in [0.4, 0.5) is 10.5 Å². The van der Waals surface area contributed by atoms with E-state index in [1.54, 1.807) is 42.5 Å². The van der Waals surface area contributed by atoms with Gasteiger partial charge in [0.05, 0.1) is 25.9 Å². The molecular formula is C27H20BrCl2IN2O5. The third kappa shape index (κ3) is 6.17. The number of ether oxygens (including phenoxy) is 2. The minimum atomic E-state index is -0.811. The van der Waals surface area contributed by atoms with E-state index in [2.05, 4.69) is 43.8 Å². The summed E-state index contributed by atoms with van der Waals surface area (Å²) in [5.41, 5.74) is 2.34. The number of rotatable bonds is 7. The van der Waals surface area contributed by atoms with Gasteiger partial charge in [-0.25, -0.2) is 9.69 Å². The maximum absolute atomic E-state index is 13.3. The van der Waals surface area contributed by atoms with Gasteiger partial charge in [0.2, 0.25) is 0 Å². The van der Waals surface area contributed by atoms with E-state index in [0.29, 0.717) is 43.0 Å². The van der Waals surface area contributed by atoms with Gasteiger partial charge in [-0.2, -0.15) is 0 Å². The average molecular weight is 730 g/mol. The zero-order chi connectivity index (χ0) is 27.6. The van der Waals surface area contributed by atoms with Crippen LogP contribution in [-0.2, 0) is 16.2 Å². The second-order valence-corrected chi connectivity index (χ2v) is 11.0. The quantitative estimate of drug-likeness (QED) is 0.157. The summed E-state index contributed by atoms with van der Waals surface area (Å²) in [6.45, 7) is 4.26. The molecule has 1 aliphatic heterocycles. The maximum Gasteiger partial charge on any atom is 0.335 e. The number of imide groups is 2. The molecule has 4 rings (SSSR count). The molecule has 196 valence electrons. The van der Waals surface area contributed by atoms with Crippen molar-refractivity contribution >= 4 is 91.3 Å². The van der Waals surface area contributed by atoms with Crippen molar-refractivity contribution in [2.75, 3.05) is 11.5 Å². The molecule has 0 radical (unpaired) electrons. The molecule has 0 saturated carbocycles. The highest BCUT2D eigenvalue weighted by Gasteiger charge is 2.37. The molecule has 0 bridgehead atoms. The summed E-state index contributed by atoms with van der Waals surface area (Å²) in [6.07, 6.45) is 1.43. The van der Waals surface area contributed by atoms with Crippen molar-refractivity contribution in [1.29, 1.82) is 0 Å². The summed E-state index contributed by atoms with van der Waals surface area (Å²) in [7, 11) is 0. The molecule has 1 aliphatic rings. The molecule has 38 heavy (non-hydrogen) atoms. The number of carbonyl (C=O) groups excluding carboxylic acids is 3. The van der Waals surface area contributed by atoms with Crippen molar-refractivity contribution in [3.05, 3.63) is 88.9 Å². The van der Waals surface area contributed by atoms with Crippen molar-refractivity contribution in [3.63, 3.8) is 0 Å². The number of urea groups is 1. The highest BCUT2D eigenvalue weighted by atomic mass is 127. The molecule has 11 heteroatoms. The topological polar surface area (TPSA) is 84.9 Å². The lowest BCUT2D eigenvalue weighted by Crippen LogP contribution is -2.54. The zero-order valence-electron chi connectivity index (χ0n) is 20.1. The van der Waals surface area contributed by atoms with Crippen LogP contribution in [0.1, 0.15) is 23.6 Å². The van der Waals surface area contributed by atoms with Crippen molar-refractivity contribution in [2.45, 2.75) is 20.5 Å². The summed E-state index contributed by atoms with van der Waals surface area (Å²) in [5, 5.41) is 3.12. The summed E-state index contributed by atoms with van der Waals surface area (Å²) >= 11 is 17.6. The van der Waals surface area contributed by atoms with Gasteiger partial charge in [0.1, 0.15) is 12.2 Å². The Morgan fingerprint density at radius 3 is 2.47 bits per heavy atom. The lowest BCUT2D eigenvalue weighted by Gasteiger charge is -2.26. The Labute approximate surface area is 251 Å². The average Bonchev–Trinajstić information content (AvgIpc) is 2.85. The molecule has 1 fully saturated rings. The minimum absolute atomic E-state index is 0.187. The number of halogens is 4. The predicted octanol–water partition coefficient (Wildman–Crippen LogP) is 7.31. The van der Waals surface area contributed by atoms with Gasteiger partial charge in [-0.1, -0.05) is 45.2 Å². The number of hydrogen-bond donors (Lipinski definition) is 1. The van der Waals surface area contributed by atoms with E-state index in [1.807, 2.05) is 19.9 Å². The highest BCUT2D eigenvalue weighted by Crippen LogP contribution is 2.36. The smallest absolute Gasteiger partial charge is 0.335 e. The van der Waals surface area contributed by atoms with Gasteiger partial charge < -0.3 is 9.47 Å². The first kappa shape index (κ1) is 28.4. The minimum Gasteiger partial charge on any atom is -0.490 e. The second kappa shape index (κ2) is 12.1. The number of benzene rings is 3. The number of nitrogens with zero attached hydrogens (tertiary/aromatic N) is 1.